The van der Waals surface area contributed by atoms with Gasteiger partial charge in [0.15, 0.2) is 6.20 Å². The van der Waals surface area contributed by atoms with Gasteiger partial charge in [-0.05, 0) is 86.1 Å². The second-order valence-corrected chi connectivity index (χ2v) is 9.48. The number of carbonyl (C=O) groups is 1. The van der Waals surface area contributed by atoms with Crippen molar-refractivity contribution in [3.63, 3.8) is 0 Å². The number of hydrogen-bond donors (Lipinski definition) is 0. The molecule has 0 aliphatic heterocycles. The van der Waals surface area contributed by atoms with Crippen LogP contribution >= 0.6 is 0 Å². The monoisotopic (exact) mass is 388 g/mol. The molecule has 4 bridgehead atoms. The molecule has 4 aliphatic carbocycles. The van der Waals surface area contributed by atoms with Gasteiger partial charge in [0.1, 0.15) is 5.75 Å². The normalized spacial score (nSPS) is 30.0. The number of rotatable bonds is 6. The zero-order chi connectivity index (χ0) is 19.8. The van der Waals surface area contributed by atoms with Crippen LogP contribution in [0, 0.1) is 23.2 Å². The predicted molar refractivity (Wildman–Crippen MR) is 114 cm³/mol. The Morgan fingerprint density at radius 1 is 1.00 bits per heavy atom. The highest BCUT2D eigenvalue weighted by molar-refractivity contribution is 5.84. The molecule has 0 unspecified atom stereocenters. The zero-order valence-electron chi connectivity index (χ0n) is 17.2. The first-order valence-electron chi connectivity index (χ1n) is 11.0. The van der Waals surface area contributed by atoms with Crippen molar-refractivity contribution < 1.29 is 14.1 Å². The number of carbonyl (C=O) groups excluding carboxylic acids is 1. The molecule has 1 aromatic heterocycles. The molecular weight excluding hydrogens is 358 g/mol. The van der Waals surface area contributed by atoms with Gasteiger partial charge in [0.25, 0.3) is 0 Å². The van der Waals surface area contributed by atoms with Crippen LogP contribution in [-0.4, -0.2) is 12.9 Å². The van der Waals surface area contributed by atoms with E-state index in [1.807, 2.05) is 42.6 Å². The Labute approximate surface area is 173 Å². The Morgan fingerprint density at radius 3 is 2.28 bits per heavy atom. The van der Waals surface area contributed by atoms with Crippen LogP contribution in [0.1, 0.15) is 49.8 Å². The van der Waals surface area contributed by atoms with E-state index in [9.17, 15) is 4.79 Å². The molecule has 0 N–H and O–H groups in total. The molecule has 3 nitrogen and oxygen atoms in total. The van der Waals surface area contributed by atoms with Crippen LogP contribution in [0.3, 0.4) is 0 Å². The minimum atomic E-state index is -0.0332. The van der Waals surface area contributed by atoms with Crippen molar-refractivity contribution in [2.24, 2.45) is 23.2 Å². The van der Waals surface area contributed by atoms with Crippen molar-refractivity contribution in [3.8, 4) is 5.75 Å². The number of nitrogens with zero attached hydrogens (tertiary/aromatic N) is 1. The molecule has 0 spiro atoms. The van der Waals surface area contributed by atoms with E-state index < -0.39 is 0 Å². The summed E-state index contributed by atoms with van der Waals surface area (Å²) in [6.45, 7) is 0.495. The minimum Gasteiger partial charge on any atom is -0.497 e. The summed E-state index contributed by atoms with van der Waals surface area (Å²) in [4.78, 5) is 13.5. The lowest BCUT2D eigenvalue weighted by molar-refractivity contribution is -0.686. The molecule has 0 saturated heterocycles. The third kappa shape index (κ3) is 3.63. The fraction of sp³-hybridized carbons (Fsp3) is 0.462. The average molecular weight is 389 g/mol. The van der Waals surface area contributed by atoms with Crippen LogP contribution in [0.2, 0.25) is 0 Å². The second-order valence-electron chi connectivity index (χ2n) is 9.48. The van der Waals surface area contributed by atoms with E-state index in [1.165, 1.54) is 19.3 Å². The first kappa shape index (κ1) is 18.6. The molecule has 4 aliphatic rings. The Hall–Kier alpha value is -2.42. The lowest BCUT2D eigenvalue weighted by atomic mass is 9.48. The number of pyridine rings is 1. The number of hydrogen-bond acceptors (Lipinski definition) is 2. The molecule has 0 radical (unpaired) electrons. The van der Waals surface area contributed by atoms with E-state index in [-0.39, 0.29) is 5.41 Å². The largest absolute Gasteiger partial charge is 0.497 e. The Bertz CT molecular complexity index is 893. The minimum absolute atomic E-state index is 0.0332. The van der Waals surface area contributed by atoms with Gasteiger partial charge in [-0.1, -0.05) is 12.1 Å². The van der Waals surface area contributed by atoms with Crippen molar-refractivity contribution in [2.75, 3.05) is 7.11 Å². The highest BCUT2D eigenvalue weighted by Crippen LogP contribution is 2.60. The van der Waals surface area contributed by atoms with Gasteiger partial charge < -0.3 is 4.74 Å². The number of Topliss-reactive ketones (excluding diaryl/α,β-unsaturated/α-hetero) is 1. The maximum atomic E-state index is 13.5. The lowest BCUT2D eigenvalue weighted by Gasteiger charge is -2.55. The Balaban J connectivity index is 1.34. The highest BCUT2D eigenvalue weighted by atomic mass is 16.5. The van der Waals surface area contributed by atoms with E-state index in [0.717, 1.165) is 54.0 Å². The van der Waals surface area contributed by atoms with E-state index in [4.69, 9.17) is 4.74 Å². The molecule has 29 heavy (non-hydrogen) atoms. The molecule has 150 valence electrons. The molecule has 0 atom stereocenters. The van der Waals surface area contributed by atoms with Gasteiger partial charge >= 0.3 is 0 Å². The molecular formula is C26H30NO2+. The zero-order valence-corrected chi connectivity index (χ0v) is 17.2. The SMILES string of the molecule is COc1ccc(/C=C/c2cccc[n+]2CC(=O)C23CC4CC(CC(C4)C2)C3)cc1. The van der Waals surface area contributed by atoms with Gasteiger partial charge in [-0.2, -0.15) is 4.57 Å². The van der Waals surface area contributed by atoms with Crippen LogP contribution in [-0.2, 0) is 11.3 Å². The van der Waals surface area contributed by atoms with Gasteiger partial charge in [-0.3, -0.25) is 4.79 Å². The standard InChI is InChI=1S/C26H30NO2/c1-29-24-9-6-19(7-10-24)5-8-23-4-2-3-11-27(23)18-25(28)26-15-20-12-21(16-26)14-22(13-20)17-26/h2-11,20-22H,12-18H2,1H3/q+1/b8-5+. The molecule has 6 rings (SSSR count). The summed E-state index contributed by atoms with van der Waals surface area (Å²) >= 11 is 0. The summed E-state index contributed by atoms with van der Waals surface area (Å²) in [7, 11) is 1.68. The van der Waals surface area contributed by atoms with E-state index in [2.05, 4.69) is 22.8 Å². The van der Waals surface area contributed by atoms with Gasteiger partial charge in [-0.15, -0.1) is 0 Å². The number of benzene rings is 1. The molecule has 2 aromatic rings. The Kier molecular flexibility index (Phi) is 4.77. The molecule has 1 heterocycles. The third-order valence-electron chi connectivity index (χ3n) is 7.48. The number of ketones is 1. The first-order chi connectivity index (χ1) is 14.1. The smallest absolute Gasteiger partial charge is 0.207 e. The number of ether oxygens (including phenoxy) is 1. The molecule has 0 amide bonds. The summed E-state index contributed by atoms with van der Waals surface area (Å²) in [6.07, 6.45) is 13.8. The van der Waals surface area contributed by atoms with Crippen LogP contribution < -0.4 is 9.30 Å². The van der Waals surface area contributed by atoms with Gasteiger partial charge in [0.05, 0.1) is 7.11 Å². The second kappa shape index (κ2) is 7.44. The topological polar surface area (TPSA) is 30.2 Å². The summed E-state index contributed by atoms with van der Waals surface area (Å²) in [6, 6.07) is 14.2. The van der Waals surface area contributed by atoms with E-state index in [1.54, 1.807) is 7.11 Å². The van der Waals surface area contributed by atoms with Crippen molar-refractivity contribution in [1.29, 1.82) is 0 Å². The summed E-state index contributed by atoms with van der Waals surface area (Å²) in [5.41, 5.74) is 2.16. The van der Waals surface area contributed by atoms with Crippen LogP contribution in [0.15, 0.2) is 48.7 Å². The summed E-state index contributed by atoms with van der Waals surface area (Å²) < 4.78 is 7.36. The quantitative estimate of drug-likeness (QED) is 0.656. The van der Waals surface area contributed by atoms with Gasteiger partial charge in [-0.25, -0.2) is 0 Å². The third-order valence-corrected chi connectivity index (χ3v) is 7.48. The summed E-state index contributed by atoms with van der Waals surface area (Å²) in [5, 5.41) is 0. The molecule has 1 aromatic carbocycles. The van der Waals surface area contributed by atoms with Crippen LogP contribution in [0.4, 0.5) is 0 Å². The average Bonchev–Trinajstić information content (AvgIpc) is 2.72. The number of aromatic nitrogens is 1. The maximum absolute atomic E-state index is 13.5. The van der Waals surface area contributed by atoms with Crippen molar-refractivity contribution in [1.82, 2.24) is 0 Å². The summed E-state index contributed by atoms with van der Waals surface area (Å²) in [5.74, 6) is 3.74. The molecule has 3 heteroatoms. The van der Waals surface area contributed by atoms with E-state index in [0.29, 0.717) is 12.3 Å². The van der Waals surface area contributed by atoms with Crippen LogP contribution in [0.5, 0.6) is 5.75 Å². The number of methoxy groups -OCH3 is 1. The van der Waals surface area contributed by atoms with Gasteiger partial charge in [0.2, 0.25) is 18.0 Å². The fourth-order valence-electron chi connectivity index (χ4n) is 6.46. The highest BCUT2D eigenvalue weighted by Gasteiger charge is 2.55. The predicted octanol–water partition coefficient (Wildman–Crippen LogP) is 4.94. The lowest BCUT2D eigenvalue weighted by Crippen LogP contribution is -2.54. The molecule has 4 fully saturated rings. The fourth-order valence-corrected chi connectivity index (χ4v) is 6.46. The van der Waals surface area contributed by atoms with Crippen molar-refractivity contribution in [3.05, 3.63) is 59.9 Å². The van der Waals surface area contributed by atoms with E-state index >= 15 is 0 Å². The van der Waals surface area contributed by atoms with Crippen molar-refractivity contribution in [2.45, 2.75) is 45.1 Å². The van der Waals surface area contributed by atoms with Gasteiger partial charge in [0, 0.05) is 23.6 Å². The maximum Gasteiger partial charge on any atom is 0.207 e. The Morgan fingerprint density at radius 2 is 1.66 bits per heavy atom. The first-order valence-corrected chi connectivity index (χ1v) is 11.0. The van der Waals surface area contributed by atoms with Crippen LogP contribution in [0.25, 0.3) is 12.2 Å². The molecule has 4 saturated carbocycles. The van der Waals surface area contributed by atoms with Crippen molar-refractivity contribution >= 4 is 17.9 Å².